The van der Waals surface area contributed by atoms with E-state index < -0.39 is 10.0 Å². The Balaban J connectivity index is 1.62. The number of halogens is 1. The van der Waals surface area contributed by atoms with Crippen molar-refractivity contribution in [3.8, 4) is 0 Å². The summed E-state index contributed by atoms with van der Waals surface area (Å²) >= 11 is 7.76. The van der Waals surface area contributed by atoms with Gasteiger partial charge in [-0.1, -0.05) is 49.3 Å². The van der Waals surface area contributed by atoms with Gasteiger partial charge in [0, 0.05) is 31.7 Å². The fourth-order valence-corrected chi connectivity index (χ4v) is 7.07. The molecule has 4 rings (SSSR count). The van der Waals surface area contributed by atoms with Gasteiger partial charge in [0.2, 0.25) is 10.0 Å². The Kier molecular flexibility index (Phi) is 8.44. The van der Waals surface area contributed by atoms with Crippen LogP contribution in [0.15, 0.2) is 47.4 Å². The van der Waals surface area contributed by atoms with E-state index in [0.717, 1.165) is 37.1 Å². The van der Waals surface area contributed by atoms with Crippen molar-refractivity contribution in [3.05, 3.63) is 53.1 Å². The lowest BCUT2D eigenvalue weighted by molar-refractivity contribution is 0.0983. The van der Waals surface area contributed by atoms with Crippen molar-refractivity contribution < 1.29 is 13.2 Å². The lowest BCUT2D eigenvalue weighted by atomic mass is 10.2. The number of amides is 1. The SMILES string of the molecule is CCN(CC)CCN(C(=O)c1ccc(S(=O)(=O)N2CCCCC2)cc1)c1nc2c(Cl)cccc2s1. The van der Waals surface area contributed by atoms with Gasteiger partial charge < -0.3 is 4.90 Å². The van der Waals surface area contributed by atoms with Crippen LogP contribution < -0.4 is 4.90 Å². The Morgan fingerprint density at radius 3 is 2.34 bits per heavy atom. The molecule has 10 heteroatoms. The van der Waals surface area contributed by atoms with E-state index in [0.29, 0.717) is 47.4 Å². The molecule has 1 saturated heterocycles. The Morgan fingerprint density at radius 1 is 1.03 bits per heavy atom. The molecule has 0 saturated carbocycles. The first-order chi connectivity index (χ1) is 16.8. The van der Waals surface area contributed by atoms with Crippen molar-refractivity contribution in [2.75, 3.05) is 44.2 Å². The predicted molar refractivity (Wildman–Crippen MR) is 143 cm³/mol. The third kappa shape index (κ3) is 5.70. The molecule has 2 aromatic carbocycles. The molecule has 0 unspecified atom stereocenters. The fourth-order valence-electron chi connectivity index (χ4n) is 4.26. The van der Waals surface area contributed by atoms with Gasteiger partial charge in [0.15, 0.2) is 5.13 Å². The quantitative estimate of drug-likeness (QED) is 0.381. The van der Waals surface area contributed by atoms with Gasteiger partial charge in [0.1, 0.15) is 5.52 Å². The summed E-state index contributed by atoms with van der Waals surface area (Å²) in [6, 6.07) is 11.9. The maximum atomic E-state index is 13.6. The third-order valence-electron chi connectivity index (χ3n) is 6.42. The molecule has 0 radical (unpaired) electrons. The van der Waals surface area contributed by atoms with E-state index in [4.69, 9.17) is 11.6 Å². The predicted octanol–water partition coefficient (Wildman–Crippen LogP) is 5.11. The van der Waals surface area contributed by atoms with Crippen LogP contribution in [-0.2, 0) is 10.0 Å². The van der Waals surface area contributed by atoms with Gasteiger partial charge in [0.25, 0.3) is 5.91 Å². The van der Waals surface area contributed by atoms with E-state index in [1.165, 1.54) is 27.8 Å². The highest BCUT2D eigenvalue weighted by atomic mass is 35.5. The van der Waals surface area contributed by atoms with Gasteiger partial charge in [-0.25, -0.2) is 13.4 Å². The van der Waals surface area contributed by atoms with E-state index in [1.54, 1.807) is 23.1 Å². The molecule has 0 atom stereocenters. The number of aromatic nitrogens is 1. The standard InChI is InChI=1S/C25H31ClN4O3S2/c1-3-28(4-2)17-18-30(25-27-23-21(26)9-8-10-22(23)34-25)24(31)19-11-13-20(14-12-19)35(32,33)29-15-6-5-7-16-29/h8-14H,3-7,15-18H2,1-2H3. The summed E-state index contributed by atoms with van der Waals surface area (Å²) in [6.45, 7) is 8.20. The summed E-state index contributed by atoms with van der Waals surface area (Å²) in [5.74, 6) is -0.214. The van der Waals surface area contributed by atoms with Crippen LogP contribution in [-0.4, -0.2) is 67.8 Å². The van der Waals surface area contributed by atoms with Crippen LogP contribution in [0.3, 0.4) is 0 Å². The summed E-state index contributed by atoms with van der Waals surface area (Å²) in [4.78, 5) is 22.5. The Bertz CT molecular complexity index is 1270. The number of thiazole rings is 1. The number of carbonyl (C=O) groups is 1. The number of fused-ring (bicyclic) bond motifs is 1. The molecule has 0 N–H and O–H groups in total. The number of nitrogens with zero attached hydrogens (tertiary/aromatic N) is 4. The number of hydrogen-bond donors (Lipinski definition) is 0. The van der Waals surface area contributed by atoms with Crippen LogP contribution in [0.2, 0.25) is 5.02 Å². The minimum atomic E-state index is -3.55. The lowest BCUT2D eigenvalue weighted by Gasteiger charge is -2.26. The number of likely N-dealkylation sites (N-methyl/N-ethyl adjacent to an activating group) is 1. The summed E-state index contributed by atoms with van der Waals surface area (Å²) in [7, 11) is -3.55. The molecule has 7 nitrogen and oxygen atoms in total. The van der Waals surface area contributed by atoms with E-state index in [2.05, 4.69) is 23.7 Å². The zero-order chi connectivity index (χ0) is 25.0. The molecule has 1 amide bonds. The number of para-hydroxylation sites is 1. The van der Waals surface area contributed by atoms with Crippen molar-refractivity contribution in [2.45, 2.75) is 38.0 Å². The molecular formula is C25H31ClN4O3S2. The third-order valence-corrected chi connectivity index (χ3v) is 9.68. The average molecular weight is 535 g/mol. The first-order valence-electron chi connectivity index (χ1n) is 12.0. The number of benzene rings is 2. The van der Waals surface area contributed by atoms with E-state index in [9.17, 15) is 13.2 Å². The number of sulfonamides is 1. The van der Waals surface area contributed by atoms with Gasteiger partial charge in [0.05, 0.1) is 14.6 Å². The summed E-state index contributed by atoms with van der Waals surface area (Å²) in [5.41, 5.74) is 1.10. The normalized spacial score (nSPS) is 15.1. The molecule has 1 fully saturated rings. The zero-order valence-corrected chi connectivity index (χ0v) is 22.5. The van der Waals surface area contributed by atoms with E-state index in [1.807, 2.05) is 12.1 Å². The second-order valence-corrected chi connectivity index (χ2v) is 11.9. The van der Waals surface area contributed by atoms with Gasteiger partial charge in [-0.3, -0.25) is 9.69 Å². The molecule has 0 bridgehead atoms. The molecule has 188 valence electrons. The second-order valence-electron chi connectivity index (χ2n) is 8.56. The highest BCUT2D eigenvalue weighted by molar-refractivity contribution is 7.89. The van der Waals surface area contributed by atoms with E-state index >= 15 is 0 Å². The van der Waals surface area contributed by atoms with Gasteiger partial charge in [-0.05, 0) is 62.3 Å². The van der Waals surface area contributed by atoms with Crippen LogP contribution in [0, 0.1) is 0 Å². The molecule has 1 aliphatic rings. The van der Waals surface area contributed by atoms with Crippen molar-refractivity contribution in [3.63, 3.8) is 0 Å². The molecule has 0 aliphatic carbocycles. The number of piperidine rings is 1. The Labute approximate surface area is 216 Å². The van der Waals surface area contributed by atoms with E-state index in [-0.39, 0.29) is 10.8 Å². The van der Waals surface area contributed by atoms with Crippen LogP contribution in [0.4, 0.5) is 5.13 Å². The molecule has 0 spiro atoms. The molecule has 35 heavy (non-hydrogen) atoms. The maximum absolute atomic E-state index is 13.6. The van der Waals surface area contributed by atoms with Crippen LogP contribution in [0.5, 0.6) is 0 Å². The topological polar surface area (TPSA) is 73.8 Å². The minimum Gasteiger partial charge on any atom is -0.302 e. The summed E-state index contributed by atoms with van der Waals surface area (Å²) in [5, 5.41) is 1.13. The largest absolute Gasteiger partial charge is 0.302 e. The highest BCUT2D eigenvalue weighted by Gasteiger charge is 2.27. The van der Waals surface area contributed by atoms with Gasteiger partial charge in [-0.2, -0.15) is 4.31 Å². The molecule has 2 heterocycles. The Hall–Kier alpha value is -2.04. The monoisotopic (exact) mass is 534 g/mol. The number of anilines is 1. The first-order valence-corrected chi connectivity index (χ1v) is 14.7. The smallest absolute Gasteiger partial charge is 0.260 e. The molecule has 1 aromatic heterocycles. The summed E-state index contributed by atoms with van der Waals surface area (Å²) in [6.07, 6.45) is 2.81. The lowest BCUT2D eigenvalue weighted by Crippen LogP contribution is -2.39. The fraction of sp³-hybridized carbons (Fsp3) is 0.440. The van der Waals surface area contributed by atoms with Gasteiger partial charge >= 0.3 is 0 Å². The second kappa shape index (κ2) is 11.3. The van der Waals surface area contributed by atoms with Crippen molar-refractivity contribution in [1.82, 2.24) is 14.2 Å². The number of carbonyl (C=O) groups excluding carboxylic acids is 1. The average Bonchev–Trinajstić information content (AvgIpc) is 3.32. The zero-order valence-electron chi connectivity index (χ0n) is 20.1. The van der Waals surface area contributed by atoms with Gasteiger partial charge in [-0.15, -0.1) is 0 Å². The first kappa shape index (κ1) is 26.0. The van der Waals surface area contributed by atoms with Crippen molar-refractivity contribution in [2.24, 2.45) is 0 Å². The van der Waals surface area contributed by atoms with Crippen LogP contribution in [0.25, 0.3) is 10.2 Å². The summed E-state index contributed by atoms with van der Waals surface area (Å²) < 4.78 is 28.5. The Morgan fingerprint density at radius 2 is 1.71 bits per heavy atom. The minimum absolute atomic E-state index is 0.214. The molecular weight excluding hydrogens is 504 g/mol. The molecule has 1 aliphatic heterocycles. The van der Waals surface area contributed by atoms with Crippen molar-refractivity contribution >= 4 is 54.2 Å². The maximum Gasteiger partial charge on any atom is 0.260 e. The molecule has 3 aromatic rings. The van der Waals surface area contributed by atoms with Crippen LogP contribution in [0.1, 0.15) is 43.5 Å². The van der Waals surface area contributed by atoms with Crippen molar-refractivity contribution in [1.29, 1.82) is 0 Å². The van der Waals surface area contributed by atoms with Crippen LogP contribution >= 0.6 is 22.9 Å². The highest BCUT2D eigenvalue weighted by Crippen LogP contribution is 2.33. The number of rotatable bonds is 9. The number of hydrogen-bond acceptors (Lipinski definition) is 6.